The molecule has 0 saturated heterocycles. The third-order valence-corrected chi connectivity index (χ3v) is 4.09. The zero-order valence-corrected chi connectivity index (χ0v) is 12.5. The summed E-state index contributed by atoms with van der Waals surface area (Å²) in [4.78, 5) is 0.294. The molecule has 2 aromatic carbocycles. The third kappa shape index (κ3) is 3.70. The van der Waals surface area contributed by atoms with E-state index in [4.69, 9.17) is 4.74 Å². The summed E-state index contributed by atoms with van der Waals surface area (Å²) >= 11 is 4.62. The summed E-state index contributed by atoms with van der Waals surface area (Å²) in [6, 6.07) is 9.06. The Bertz CT molecular complexity index is 590. The van der Waals surface area contributed by atoms with Crippen molar-refractivity contribution in [2.45, 2.75) is 10.6 Å². The standard InChI is InChI=1S/C14H11BrF2OS/c1-18-13-5-2-10(15)6-9(13)8-19-14-7-11(16)3-4-12(14)17/h2-7H,8H2,1H3. The van der Waals surface area contributed by atoms with E-state index < -0.39 is 11.6 Å². The topological polar surface area (TPSA) is 9.23 Å². The van der Waals surface area contributed by atoms with Crippen LogP contribution in [-0.4, -0.2) is 7.11 Å². The van der Waals surface area contributed by atoms with Crippen LogP contribution >= 0.6 is 27.7 Å². The average Bonchev–Trinajstić information content (AvgIpc) is 2.40. The molecule has 0 fully saturated rings. The normalized spacial score (nSPS) is 10.5. The first-order valence-electron chi connectivity index (χ1n) is 5.50. The Kier molecular flexibility index (Phi) is 4.82. The van der Waals surface area contributed by atoms with Crippen molar-refractivity contribution in [2.24, 2.45) is 0 Å². The van der Waals surface area contributed by atoms with Gasteiger partial charge in [0.25, 0.3) is 0 Å². The summed E-state index contributed by atoms with van der Waals surface area (Å²) in [7, 11) is 1.58. The van der Waals surface area contributed by atoms with Crippen LogP contribution in [0.1, 0.15) is 5.56 Å². The van der Waals surface area contributed by atoms with Gasteiger partial charge < -0.3 is 4.74 Å². The molecule has 0 N–H and O–H groups in total. The minimum absolute atomic E-state index is 0.294. The molecule has 0 saturated carbocycles. The highest BCUT2D eigenvalue weighted by Gasteiger charge is 2.08. The molecule has 0 unspecified atom stereocenters. The fourth-order valence-electron chi connectivity index (χ4n) is 1.60. The SMILES string of the molecule is COc1ccc(Br)cc1CSc1cc(F)ccc1F. The van der Waals surface area contributed by atoms with Crippen LogP contribution < -0.4 is 4.74 Å². The lowest BCUT2D eigenvalue weighted by molar-refractivity contribution is 0.411. The van der Waals surface area contributed by atoms with Gasteiger partial charge in [-0.05, 0) is 36.4 Å². The molecule has 0 aromatic heterocycles. The number of halogens is 3. The average molecular weight is 345 g/mol. The van der Waals surface area contributed by atoms with Gasteiger partial charge in [-0.15, -0.1) is 11.8 Å². The van der Waals surface area contributed by atoms with Crippen LogP contribution in [0.25, 0.3) is 0 Å². The molecule has 100 valence electrons. The molecule has 2 aromatic rings. The number of methoxy groups -OCH3 is 1. The smallest absolute Gasteiger partial charge is 0.136 e. The predicted molar refractivity (Wildman–Crippen MR) is 76.6 cm³/mol. The van der Waals surface area contributed by atoms with Gasteiger partial charge >= 0.3 is 0 Å². The highest BCUT2D eigenvalue weighted by Crippen LogP contribution is 2.31. The molecular formula is C14H11BrF2OS. The zero-order chi connectivity index (χ0) is 13.8. The Morgan fingerprint density at radius 3 is 2.68 bits per heavy atom. The van der Waals surface area contributed by atoms with E-state index in [1.807, 2.05) is 18.2 Å². The molecule has 2 rings (SSSR count). The molecule has 0 amide bonds. The van der Waals surface area contributed by atoms with Crippen LogP contribution in [0.5, 0.6) is 5.75 Å². The van der Waals surface area contributed by atoms with E-state index in [2.05, 4.69) is 15.9 Å². The number of thioether (sulfide) groups is 1. The molecule has 0 aliphatic heterocycles. The lowest BCUT2D eigenvalue weighted by Gasteiger charge is -2.09. The quantitative estimate of drug-likeness (QED) is 0.719. The first-order valence-corrected chi connectivity index (χ1v) is 7.28. The third-order valence-electron chi connectivity index (χ3n) is 2.52. The minimum atomic E-state index is -0.440. The molecule has 0 aliphatic rings. The van der Waals surface area contributed by atoms with Crippen molar-refractivity contribution in [2.75, 3.05) is 7.11 Å². The van der Waals surface area contributed by atoms with Crippen molar-refractivity contribution >= 4 is 27.7 Å². The second-order valence-electron chi connectivity index (χ2n) is 3.82. The summed E-state index contributed by atoms with van der Waals surface area (Å²) in [5.74, 6) is 0.376. The maximum Gasteiger partial charge on any atom is 0.136 e. The van der Waals surface area contributed by atoms with Crippen LogP contribution in [0.2, 0.25) is 0 Å². The number of rotatable bonds is 4. The van der Waals surface area contributed by atoms with Gasteiger partial charge in [-0.3, -0.25) is 0 Å². The van der Waals surface area contributed by atoms with E-state index in [9.17, 15) is 8.78 Å². The summed E-state index contributed by atoms with van der Waals surface area (Å²) < 4.78 is 32.7. The van der Waals surface area contributed by atoms with E-state index in [1.165, 1.54) is 17.8 Å². The first-order chi connectivity index (χ1) is 9.10. The number of hydrogen-bond donors (Lipinski definition) is 0. The van der Waals surface area contributed by atoms with Gasteiger partial charge in [0.2, 0.25) is 0 Å². The van der Waals surface area contributed by atoms with Crippen LogP contribution in [0.4, 0.5) is 8.78 Å². The Labute approximate surface area is 123 Å². The second-order valence-corrected chi connectivity index (χ2v) is 5.75. The number of ether oxygens (including phenoxy) is 1. The monoisotopic (exact) mass is 344 g/mol. The van der Waals surface area contributed by atoms with Crippen molar-refractivity contribution in [3.8, 4) is 5.75 Å². The first kappa shape index (κ1) is 14.3. The van der Waals surface area contributed by atoms with Gasteiger partial charge in [-0.25, -0.2) is 8.78 Å². The summed E-state index contributed by atoms with van der Waals surface area (Å²) in [5.41, 5.74) is 0.922. The molecule has 0 atom stereocenters. The lowest BCUT2D eigenvalue weighted by Crippen LogP contribution is -1.91. The Morgan fingerprint density at radius 2 is 1.95 bits per heavy atom. The van der Waals surface area contributed by atoms with Crippen LogP contribution in [0.3, 0.4) is 0 Å². The fraction of sp³-hybridized carbons (Fsp3) is 0.143. The van der Waals surface area contributed by atoms with Gasteiger partial charge in [-0.2, -0.15) is 0 Å². The zero-order valence-electron chi connectivity index (χ0n) is 10.1. The second kappa shape index (κ2) is 6.39. The molecule has 19 heavy (non-hydrogen) atoms. The predicted octanol–water partition coefficient (Wildman–Crippen LogP) is 5.03. The molecule has 0 heterocycles. The lowest BCUT2D eigenvalue weighted by atomic mass is 10.2. The van der Waals surface area contributed by atoms with Crippen molar-refractivity contribution < 1.29 is 13.5 Å². The van der Waals surface area contributed by atoms with Gasteiger partial charge in [0.1, 0.15) is 17.4 Å². The van der Waals surface area contributed by atoms with Crippen LogP contribution in [0.15, 0.2) is 45.8 Å². The van der Waals surface area contributed by atoms with Gasteiger partial charge in [-0.1, -0.05) is 15.9 Å². The van der Waals surface area contributed by atoms with Gasteiger partial charge in [0, 0.05) is 20.7 Å². The number of hydrogen-bond acceptors (Lipinski definition) is 2. The minimum Gasteiger partial charge on any atom is -0.496 e. The van der Waals surface area contributed by atoms with Gasteiger partial charge in [0.05, 0.1) is 7.11 Å². The molecule has 0 spiro atoms. The van der Waals surface area contributed by atoms with Crippen molar-refractivity contribution in [1.82, 2.24) is 0 Å². The molecule has 0 aliphatic carbocycles. The maximum absolute atomic E-state index is 13.5. The van der Waals surface area contributed by atoms with Crippen LogP contribution in [-0.2, 0) is 5.75 Å². The fourth-order valence-corrected chi connectivity index (χ4v) is 2.95. The van der Waals surface area contributed by atoms with E-state index in [1.54, 1.807) is 7.11 Å². The van der Waals surface area contributed by atoms with E-state index >= 15 is 0 Å². The highest BCUT2D eigenvalue weighted by molar-refractivity contribution is 9.10. The number of benzene rings is 2. The summed E-state index contributed by atoms with van der Waals surface area (Å²) in [6.45, 7) is 0. The molecule has 5 heteroatoms. The van der Waals surface area contributed by atoms with Gasteiger partial charge in [0.15, 0.2) is 0 Å². The van der Waals surface area contributed by atoms with Crippen molar-refractivity contribution in [3.05, 3.63) is 58.1 Å². The molecule has 0 radical (unpaired) electrons. The van der Waals surface area contributed by atoms with E-state index in [0.29, 0.717) is 10.6 Å². The van der Waals surface area contributed by atoms with E-state index in [0.717, 1.165) is 27.9 Å². The Morgan fingerprint density at radius 1 is 1.16 bits per heavy atom. The maximum atomic E-state index is 13.5. The Hall–Kier alpha value is -1.07. The molecule has 1 nitrogen and oxygen atoms in total. The largest absolute Gasteiger partial charge is 0.496 e. The van der Waals surface area contributed by atoms with Crippen molar-refractivity contribution in [3.63, 3.8) is 0 Å². The Balaban J connectivity index is 2.18. The van der Waals surface area contributed by atoms with Crippen LogP contribution in [0, 0.1) is 11.6 Å². The summed E-state index contributed by atoms with van der Waals surface area (Å²) in [5, 5.41) is 0. The molecular weight excluding hydrogens is 334 g/mol. The highest BCUT2D eigenvalue weighted by atomic mass is 79.9. The van der Waals surface area contributed by atoms with E-state index in [-0.39, 0.29) is 0 Å². The molecule has 0 bridgehead atoms. The summed E-state index contributed by atoms with van der Waals surface area (Å²) in [6.07, 6.45) is 0. The van der Waals surface area contributed by atoms with Crippen molar-refractivity contribution in [1.29, 1.82) is 0 Å².